The van der Waals surface area contributed by atoms with E-state index in [1.54, 1.807) is 0 Å². The molecule has 0 radical (unpaired) electrons. The molecule has 0 unspecified atom stereocenters. The number of phenols is 1. The van der Waals surface area contributed by atoms with E-state index in [-0.39, 0.29) is 11.4 Å². The standard InChI is InChI=1S/C10H7ClN4O4/c11-4-1-2-6(16)5(3-4)14-15-7-8(17)12-10(19)13-9(7)18/h1-3,7,16H,(H2,12,13,17,18,19). The van der Waals surface area contributed by atoms with Crippen molar-refractivity contribution in [2.24, 2.45) is 10.2 Å². The summed E-state index contributed by atoms with van der Waals surface area (Å²) in [7, 11) is 0. The van der Waals surface area contributed by atoms with Gasteiger partial charge in [0.2, 0.25) is 6.04 Å². The van der Waals surface area contributed by atoms with E-state index in [1.807, 2.05) is 10.6 Å². The molecule has 9 heteroatoms. The molecular weight excluding hydrogens is 276 g/mol. The van der Waals surface area contributed by atoms with Gasteiger partial charge < -0.3 is 5.11 Å². The average Bonchev–Trinajstić information content (AvgIpc) is 2.32. The smallest absolute Gasteiger partial charge is 0.328 e. The van der Waals surface area contributed by atoms with Crippen molar-refractivity contribution in [1.29, 1.82) is 0 Å². The number of hydrogen-bond donors (Lipinski definition) is 3. The van der Waals surface area contributed by atoms with E-state index in [0.717, 1.165) is 0 Å². The maximum absolute atomic E-state index is 11.4. The highest BCUT2D eigenvalue weighted by atomic mass is 35.5. The minimum atomic E-state index is -1.49. The number of nitrogens with zero attached hydrogens (tertiary/aromatic N) is 2. The fourth-order valence-electron chi connectivity index (χ4n) is 1.31. The van der Waals surface area contributed by atoms with E-state index in [9.17, 15) is 19.5 Å². The number of carbonyl (C=O) groups excluding carboxylic acids is 3. The van der Waals surface area contributed by atoms with Gasteiger partial charge in [-0.2, -0.15) is 10.2 Å². The maximum atomic E-state index is 11.4. The number of urea groups is 1. The topological polar surface area (TPSA) is 120 Å². The zero-order chi connectivity index (χ0) is 14.0. The molecule has 1 aliphatic rings. The molecule has 0 aliphatic carbocycles. The summed E-state index contributed by atoms with van der Waals surface area (Å²) in [6.45, 7) is 0. The van der Waals surface area contributed by atoms with Crippen LogP contribution in [0.1, 0.15) is 0 Å². The number of azo groups is 1. The number of benzene rings is 1. The molecule has 3 N–H and O–H groups in total. The number of phenolic OH excluding ortho intramolecular Hbond substituents is 1. The Morgan fingerprint density at radius 2 is 1.79 bits per heavy atom. The predicted molar refractivity (Wildman–Crippen MR) is 63.1 cm³/mol. The summed E-state index contributed by atoms with van der Waals surface area (Å²) in [5.41, 5.74) is 0.00463. The van der Waals surface area contributed by atoms with Gasteiger partial charge in [-0.25, -0.2) is 4.79 Å². The first kappa shape index (κ1) is 13.0. The van der Waals surface area contributed by atoms with Gasteiger partial charge in [0, 0.05) is 5.02 Å². The Balaban J connectivity index is 2.22. The zero-order valence-electron chi connectivity index (χ0n) is 9.25. The van der Waals surface area contributed by atoms with Crippen molar-refractivity contribution in [3.8, 4) is 5.75 Å². The van der Waals surface area contributed by atoms with E-state index < -0.39 is 23.9 Å². The van der Waals surface area contributed by atoms with Crippen LogP contribution in [0.15, 0.2) is 28.4 Å². The van der Waals surface area contributed by atoms with Crippen molar-refractivity contribution < 1.29 is 19.5 Å². The molecule has 98 valence electrons. The number of rotatable bonds is 2. The van der Waals surface area contributed by atoms with Gasteiger partial charge in [0.25, 0.3) is 11.8 Å². The molecule has 1 fully saturated rings. The summed E-state index contributed by atoms with van der Waals surface area (Å²) in [5, 5.41) is 20.6. The van der Waals surface area contributed by atoms with E-state index in [0.29, 0.717) is 5.02 Å². The third kappa shape index (κ3) is 2.86. The molecule has 1 aromatic rings. The number of halogens is 1. The van der Waals surface area contributed by atoms with Crippen molar-refractivity contribution in [3.05, 3.63) is 23.2 Å². The molecule has 1 heterocycles. The highest BCUT2D eigenvalue weighted by Crippen LogP contribution is 2.29. The van der Waals surface area contributed by atoms with Crippen LogP contribution in [0.2, 0.25) is 5.02 Å². The molecule has 0 saturated carbocycles. The Labute approximate surface area is 111 Å². The highest BCUT2D eigenvalue weighted by Gasteiger charge is 2.34. The highest BCUT2D eigenvalue weighted by molar-refractivity contribution is 6.30. The lowest BCUT2D eigenvalue weighted by atomic mass is 10.2. The second kappa shape index (κ2) is 5.02. The molecule has 4 amide bonds. The van der Waals surface area contributed by atoms with E-state index in [2.05, 4.69) is 10.2 Å². The van der Waals surface area contributed by atoms with Crippen molar-refractivity contribution in [2.45, 2.75) is 6.04 Å². The van der Waals surface area contributed by atoms with Gasteiger partial charge in [-0.1, -0.05) is 11.6 Å². The summed E-state index contributed by atoms with van der Waals surface area (Å²) in [5.74, 6) is -1.99. The first-order valence-corrected chi connectivity index (χ1v) is 5.40. The van der Waals surface area contributed by atoms with Crippen LogP contribution in [-0.4, -0.2) is 29.0 Å². The number of imide groups is 2. The van der Waals surface area contributed by atoms with Crippen LogP contribution in [0.4, 0.5) is 10.5 Å². The van der Waals surface area contributed by atoms with Gasteiger partial charge in [0.15, 0.2) is 0 Å². The second-order valence-corrected chi connectivity index (χ2v) is 4.00. The van der Waals surface area contributed by atoms with E-state index in [4.69, 9.17) is 11.6 Å². The van der Waals surface area contributed by atoms with Crippen LogP contribution in [0.25, 0.3) is 0 Å². The van der Waals surface area contributed by atoms with Crippen molar-refractivity contribution in [3.63, 3.8) is 0 Å². The quantitative estimate of drug-likeness (QED) is 0.550. The molecule has 2 rings (SSSR count). The number of carbonyl (C=O) groups is 3. The van der Waals surface area contributed by atoms with Crippen LogP contribution in [0.3, 0.4) is 0 Å². The third-order valence-electron chi connectivity index (χ3n) is 2.19. The number of barbiturate groups is 1. The third-order valence-corrected chi connectivity index (χ3v) is 2.42. The molecule has 1 aliphatic heterocycles. The minimum Gasteiger partial charge on any atom is -0.506 e. The Hall–Kier alpha value is -2.48. The fraction of sp³-hybridized carbons (Fsp3) is 0.100. The van der Waals surface area contributed by atoms with Gasteiger partial charge in [0.1, 0.15) is 11.4 Å². The van der Waals surface area contributed by atoms with Crippen LogP contribution >= 0.6 is 11.6 Å². The Kier molecular flexibility index (Phi) is 3.43. The summed E-state index contributed by atoms with van der Waals surface area (Å²) in [4.78, 5) is 33.5. The Morgan fingerprint density at radius 1 is 1.16 bits per heavy atom. The Morgan fingerprint density at radius 3 is 2.42 bits per heavy atom. The maximum Gasteiger partial charge on any atom is 0.328 e. The van der Waals surface area contributed by atoms with Gasteiger partial charge in [0.05, 0.1) is 0 Å². The predicted octanol–water partition coefficient (Wildman–Crippen LogP) is 0.864. The summed E-state index contributed by atoms with van der Waals surface area (Å²) in [6, 6.07) is 1.64. The van der Waals surface area contributed by atoms with Gasteiger partial charge >= 0.3 is 6.03 Å². The van der Waals surface area contributed by atoms with Crippen LogP contribution in [0, 0.1) is 0 Å². The Bertz CT molecular complexity index is 581. The summed E-state index contributed by atoms with van der Waals surface area (Å²) < 4.78 is 0. The molecular formula is C10H7ClN4O4. The van der Waals surface area contributed by atoms with Crippen molar-refractivity contribution in [2.75, 3.05) is 0 Å². The van der Waals surface area contributed by atoms with Gasteiger partial charge in [-0.15, -0.1) is 0 Å². The fourth-order valence-corrected chi connectivity index (χ4v) is 1.48. The van der Waals surface area contributed by atoms with Gasteiger partial charge in [-0.05, 0) is 18.2 Å². The summed E-state index contributed by atoms with van der Waals surface area (Å²) in [6.07, 6.45) is 0. The van der Waals surface area contributed by atoms with Crippen LogP contribution in [0.5, 0.6) is 5.75 Å². The molecule has 0 bridgehead atoms. The first-order chi connectivity index (χ1) is 8.97. The van der Waals surface area contributed by atoms with Gasteiger partial charge in [-0.3, -0.25) is 20.2 Å². The molecule has 0 spiro atoms. The lowest BCUT2D eigenvalue weighted by molar-refractivity contribution is -0.131. The molecule has 19 heavy (non-hydrogen) atoms. The number of aromatic hydroxyl groups is 1. The monoisotopic (exact) mass is 282 g/mol. The molecule has 8 nitrogen and oxygen atoms in total. The number of amides is 4. The van der Waals surface area contributed by atoms with Crippen LogP contribution < -0.4 is 10.6 Å². The molecule has 1 saturated heterocycles. The number of hydrogen-bond acceptors (Lipinski definition) is 6. The normalized spacial score (nSPS) is 16.6. The first-order valence-electron chi connectivity index (χ1n) is 5.02. The summed E-state index contributed by atoms with van der Waals surface area (Å²) >= 11 is 5.70. The largest absolute Gasteiger partial charge is 0.506 e. The lowest BCUT2D eigenvalue weighted by Crippen LogP contribution is -2.57. The molecule has 1 aromatic carbocycles. The van der Waals surface area contributed by atoms with E-state index in [1.165, 1.54) is 18.2 Å². The van der Waals surface area contributed by atoms with Crippen molar-refractivity contribution in [1.82, 2.24) is 10.6 Å². The second-order valence-electron chi connectivity index (χ2n) is 3.56. The van der Waals surface area contributed by atoms with Crippen LogP contribution in [-0.2, 0) is 9.59 Å². The van der Waals surface area contributed by atoms with E-state index >= 15 is 0 Å². The number of nitrogens with one attached hydrogen (secondary N) is 2. The lowest BCUT2D eigenvalue weighted by Gasteiger charge is -2.16. The molecule has 0 atom stereocenters. The minimum absolute atomic E-state index is 0.00463. The van der Waals surface area contributed by atoms with Crippen molar-refractivity contribution >= 4 is 35.1 Å². The SMILES string of the molecule is O=C1NC(=O)C(N=Nc2cc(Cl)ccc2O)C(=O)N1. The zero-order valence-corrected chi connectivity index (χ0v) is 10.0. The molecule has 0 aromatic heterocycles. The average molecular weight is 283 g/mol.